The number of benzene rings is 1. The summed E-state index contributed by atoms with van der Waals surface area (Å²) in [6.45, 7) is 16.9. The van der Waals surface area contributed by atoms with E-state index in [1.807, 2.05) is 43.3 Å². The number of hydrogen-bond donors (Lipinski definition) is 2. The van der Waals surface area contributed by atoms with E-state index in [9.17, 15) is 4.79 Å². The number of para-hydroxylation sites is 2. The van der Waals surface area contributed by atoms with E-state index in [0.717, 1.165) is 40.4 Å². The van der Waals surface area contributed by atoms with Crippen LogP contribution < -0.4 is 21.2 Å². The zero-order valence-electron chi connectivity index (χ0n) is 20.9. The van der Waals surface area contributed by atoms with Crippen LogP contribution in [0, 0.1) is 0 Å². The first-order valence-electron chi connectivity index (χ1n) is 12.0. The van der Waals surface area contributed by atoms with Gasteiger partial charge in [-0.1, -0.05) is 30.4 Å². The molecule has 3 aromatic rings. The largest absolute Gasteiger partial charge is 0.368 e. The first-order valence-corrected chi connectivity index (χ1v) is 12.0. The number of piperazine rings is 1. The Labute approximate surface area is 201 Å². The second kappa shape index (κ2) is 9.85. The van der Waals surface area contributed by atoms with Gasteiger partial charge in [-0.15, -0.1) is 0 Å². The van der Waals surface area contributed by atoms with E-state index in [-0.39, 0.29) is 5.91 Å². The fourth-order valence-corrected chi connectivity index (χ4v) is 4.89. The molecule has 0 radical (unpaired) electrons. The summed E-state index contributed by atoms with van der Waals surface area (Å²) in [6.07, 6.45) is 6.06. The van der Waals surface area contributed by atoms with Gasteiger partial charge in [-0.2, -0.15) is 0 Å². The van der Waals surface area contributed by atoms with Crippen molar-refractivity contribution in [2.24, 2.45) is 0 Å². The minimum absolute atomic E-state index is 0.118. The SMILES string of the molecule is C=C/C=c1/c(=C(\C=C(C)C)N2C[C@@H](C)N[C@@H](C)C2)cc(C(=O)NCC)c2nc3ccccc3n12. The van der Waals surface area contributed by atoms with Crippen LogP contribution in [-0.4, -0.2) is 51.9 Å². The number of aromatic nitrogens is 2. The van der Waals surface area contributed by atoms with Crippen LogP contribution in [0.15, 0.2) is 54.6 Å². The third-order valence-electron chi connectivity index (χ3n) is 6.06. The van der Waals surface area contributed by atoms with Gasteiger partial charge in [0.15, 0.2) is 5.65 Å². The highest BCUT2D eigenvalue weighted by molar-refractivity contribution is 6.01. The second-order valence-corrected chi connectivity index (χ2v) is 9.36. The van der Waals surface area contributed by atoms with Crippen LogP contribution in [0.4, 0.5) is 0 Å². The molecule has 1 aromatic carbocycles. The Morgan fingerprint density at radius 2 is 1.94 bits per heavy atom. The van der Waals surface area contributed by atoms with Crippen LogP contribution in [0.3, 0.4) is 0 Å². The minimum atomic E-state index is -0.118. The highest BCUT2D eigenvalue weighted by Crippen LogP contribution is 2.19. The number of fused-ring (bicyclic) bond motifs is 3. The van der Waals surface area contributed by atoms with Crippen LogP contribution in [0.1, 0.15) is 45.0 Å². The van der Waals surface area contributed by atoms with Gasteiger partial charge in [-0.05, 0) is 65.0 Å². The minimum Gasteiger partial charge on any atom is -0.368 e. The van der Waals surface area contributed by atoms with E-state index in [2.05, 4.69) is 66.4 Å². The summed E-state index contributed by atoms with van der Waals surface area (Å²) in [4.78, 5) is 20.5. The number of amides is 1. The van der Waals surface area contributed by atoms with Crippen LogP contribution in [0.25, 0.3) is 28.5 Å². The molecule has 6 heteroatoms. The Hall–Kier alpha value is -3.38. The Kier molecular flexibility index (Phi) is 6.89. The monoisotopic (exact) mass is 457 g/mol. The third kappa shape index (κ3) is 4.50. The Morgan fingerprint density at radius 1 is 1.24 bits per heavy atom. The summed E-state index contributed by atoms with van der Waals surface area (Å²) in [5.74, 6) is -0.118. The molecule has 0 bridgehead atoms. The smallest absolute Gasteiger partial charge is 0.255 e. The molecule has 1 fully saturated rings. The van der Waals surface area contributed by atoms with Crippen LogP contribution >= 0.6 is 0 Å². The molecule has 178 valence electrons. The molecule has 1 aliphatic rings. The maximum atomic E-state index is 13.2. The summed E-state index contributed by atoms with van der Waals surface area (Å²) in [5, 5.41) is 8.57. The Bertz CT molecular complexity index is 1380. The van der Waals surface area contributed by atoms with Gasteiger partial charge < -0.3 is 15.5 Å². The van der Waals surface area contributed by atoms with Crippen molar-refractivity contribution in [3.63, 3.8) is 0 Å². The highest BCUT2D eigenvalue weighted by atomic mass is 16.1. The van der Waals surface area contributed by atoms with Gasteiger partial charge in [0, 0.05) is 42.6 Å². The number of nitrogens with one attached hydrogen (secondary N) is 2. The van der Waals surface area contributed by atoms with Crippen molar-refractivity contribution in [3.05, 3.63) is 70.8 Å². The molecule has 2 N–H and O–H groups in total. The number of imidazole rings is 1. The first kappa shape index (κ1) is 23.8. The van der Waals surface area contributed by atoms with Crippen molar-refractivity contribution < 1.29 is 4.79 Å². The molecular formula is C28H35N5O. The van der Waals surface area contributed by atoms with Crippen molar-refractivity contribution in [2.75, 3.05) is 19.6 Å². The molecule has 1 aliphatic heterocycles. The quantitative estimate of drug-likeness (QED) is 0.619. The van der Waals surface area contributed by atoms with E-state index in [0.29, 0.717) is 29.8 Å². The summed E-state index contributed by atoms with van der Waals surface area (Å²) in [5.41, 5.74) is 5.37. The van der Waals surface area contributed by atoms with E-state index in [4.69, 9.17) is 4.98 Å². The molecule has 1 saturated heterocycles. The van der Waals surface area contributed by atoms with Gasteiger partial charge in [-0.3, -0.25) is 9.20 Å². The van der Waals surface area contributed by atoms with Gasteiger partial charge >= 0.3 is 0 Å². The molecule has 34 heavy (non-hydrogen) atoms. The zero-order chi connectivity index (χ0) is 24.4. The van der Waals surface area contributed by atoms with Crippen molar-refractivity contribution in [1.82, 2.24) is 24.9 Å². The molecule has 1 amide bonds. The molecule has 3 heterocycles. The third-order valence-corrected chi connectivity index (χ3v) is 6.06. The zero-order valence-corrected chi connectivity index (χ0v) is 20.9. The molecule has 0 aliphatic carbocycles. The number of nitrogens with zero attached hydrogens (tertiary/aromatic N) is 3. The number of rotatable bonds is 5. The lowest BCUT2D eigenvalue weighted by Crippen LogP contribution is -2.54. The van der Waals surface area contributed by atoms with Crippen LogP contribution in [0.2, 0.25) is 0 Å². The lowest BCUT2D eigenvalue weighted by Gasteiger charge is -2.38. The molecule has 0 spiro atoms. The van der Waals surface area contributed by atoms with Gasteiger partial charge in [0.1, 0.15) is 0 Å². The Morgan fingerprint density at radius 3 is 2.59 bits per heavy atom. The first-order chi connectivity index (χ1) is 16.3. The average Bonchev–Trinajstić information content (AvgIpc) is 3.17. The summed E-state index contributed by atoms with van der Waals surface area (Å²) >= 11 is 0. The molecule has 0 saturated carbocycles. The topological polar surface area (TPSA) is 61.7 Å². The lowest BCUT2D eigenvalue weighted by atomic mass is 10.1. The van der Waals surface area contributed by atoms with Crippen molar-refractivity contribution in [2.45, 2.75) is 46.7 Å². The molecule has 0 unspecified atom stereocenters. The maximum Gasteiger partial charge on any atom is 0.255 e. The van der Waals surface area contributed by atoms with Gasteiger partial charge in [0.05, 0.1) is 21.9 Å². The normalized spacial score (nSPS) is 19.9. The average molecular weight is 458 g/mol. The predicted octanol–water partition coefficient (Wildman–Crippen LogP) is 2.96. The molecular weight excluding hydrogens is 422 g/mol. The molecule has 2 aromatic heterocycles. The van der Waals surface area contributed by atoms with Gasteiger partial charge in [-0.25, -0.2) is 4.98 Å². The Balaban J connectivity index is 2.22. The second-order valence-electron chi connectivity index (χ2n) is 9.36. The number of allylic oxidation sites excluding steroid dienone is 2. The lowest BCUT2D eigenvalue weighted by molar-refractivity contribution is 0.0957. The number of carbonyl (C=O) groups is 1. The summed E-state index contributed by atoms with van der Waals surface area (Å²) in [7, 11) is 0. The van der Waals surface area contributed by atoms with E-state index >= 15 is 0 Å². The maximum absolute atomic E-state index is 13.2. The fraction of sp³-hybridized carbons (Fsp3) is 0.357. The number of pyridine rings is 1. The van der Waals surface area contributed by atoms with Gasteiger partial charge in [0.2, 0.25) is 0 Å². The predicted molar refractivity (Wildman–Crippen MR) is 141 cm³/mol. The van der Waals surface area contributed by atoms with E-state index in [1.165, 1.54) is 5.57 Å². The molecule has 2 atom stereocenters. The summed E-state index contributed by atoms with van der Waals surface area (Å²) in [6, 6.07) is 10.7. The van der Waals surface area contributed by atoms with Crippen molar-refractivity contribution >= 4 is 34.4 Å². The van der Waals surface area contributed by atoms with Gasteiger partial charge in [0.25, 0.3) is 5.91 Å². The number of hydrogen-bond acceptors (Lipinski definition) is 4. The van der Waals surface area contributed by atoms with E-state index < -0.39 is 0 Å². The molecule has 4 rings (SSSR count). The standard InChI is InChI=1S/C28H35N5O/c1-7-11-24-21(26(14-18(3)4)32-16-19(5)30-20(6)17-32)15-22(28(34)29-8-2)27-31-23-12-9-10-13-25(23)33(24)27/h7,9-15,19-20,30H,1,8,16-17H2,2-6H3,(H,29,34)/b24-11-,26-21+/t19-,20+. The van der Waals surface area contributed by atoms with Crippen molar-refractivity contribution in [1.29, 1.82) is 0 Å². The highest BCUT2D eigenvalue weighted by Gasteiger charge is 2.24. The molecule has 6 nitrogen and oxygen atoms in total. The van der Waals surface area contributed by atoms with E-state index in [1.54, 1.807) is 0 Å². The van der Waals surface area contributed by atoms with Crippen LogP contribution in [-0.2, 0) is 0 Å². The fourth-order valence-electron chi connectivity index (χ4n) is 4.89. The number of carbonyl (C=O) groups excluding carboxylic acids is 1. The van der Waals surface area contributed by atoms with Crippen molar-refractivity contribution in [3.8, 4) is 0 Å². The summed E-state index contributed by atoms with van der Waals surface area (Å²) < 4.78 is 2.10. The van der Waals surface area contributed by atoms with Crippen LogP contribution in [0.5, 0.6) is 0 Å².